The molecular weight excluding hydrogens is 207 g/mol. The van der Waals surface area contributed by atoms with Crippen molar-refractivity contribution in [2.45, 2.75) is 26.7 Å². The summed E-state index contributed by atoms with van der Waals surface area (Å²) < 4.78 is 18.3. The Kier molecular flexibility index (Phi) is 4.30. The van der Waals surface area contributed by atoms with Crippen LogP contribution in [0.3, 0.4) is 0 Å². The lowest BCUT2D eigenvalue weighted by molar-refractivity contribution is 0.211. The van der Waals surface area contributed by atoms with Crippen LogP contribution in [0.1, 0.15) is 25.8 Å². The van der Waals surface area contributed by atoms with Crippen LogP contribution in [0.2, 0.25) is 0 Å². The molecule has 1 rings (SSSR count). The van der Waals surface area contributed by atoms with Gasteiger partial charge in [-0.1, -0.05) is 19.9 Å². The quantitative estimate of drug-likeness (QED) is 0.836. The molecule has 16 heavy (non-hydrogen) atoms. The van der Waals surface area contributed by atoms with E-state index < -0.39 is 0 Å². The highest BCUT2D eigenvalue weighted by molar-refractivity contribution is 5.29. The molecule has 0 saturated carbocycles. The van der Waals surface area contributed by atoms with E-state index in [2.05, 4.69) is 13.8 Å². The highest BCUT2D eigenvalue weighted by Crippen LogP contribution is 2.27. The second-order valence-electron chi connectivity index (χ2n) is 4.78. The normalized spacial score (nSPS) is 11.6. The van der Waals surface area contributed by atoms with E-state index in [1.165, 1.54) is 13.2 Å². The molecule has 1 aromatic rings. The van der Waals surface area contributed by atoms with Gasteiger partial charge in [-0.05, 0) is 36.0 Å². The summed E-state index contributed by atoms with van der Waals surface area (Å²) in [4.78, 5) is 0. The van der Waals surface area contributed by atoms with E-state index >= 15 is 0 Å². The number of hydrogen-bond donors (Lipinski definition) is 1. The number of aliphatic hydroxyl groups excluding tert-OH is 1. The molecule has 2 nitrogen and oxygen atoms in total. The molecule has 0 bridgehead atoms. The Morgan fingerprint density at radius 3 is 2.56 bits per heavy atom. The van der Waals surface area contributed by atoms with Crippen LogP contribution in [-0.2, 0) is 6.42 Å². The SMILES string of the molecule is COc1ccc(CC(C)(C)CCO)cc1F. The maximum Gasteiger partial charge on any atom is 0.165 e. The molecule has 0 amide bonds. The number of halogens is 1. The van der Waals surface area contributed by atoms with Crippen molar-refractivity contribution in [2.24, 2.45) is 5.41 Å². The molecule has 0 saturated heterocycles. The summed E-state index contributed by atoms with van der Waals surface area (Å²) in [5, 5.41) is 8.92. The van der Waals surface area contributed by atoms with Gasteiger partial charge in [-0.3, -0.25) is 0 Å². The third kappa shape index (κ3) is 3.49. The smallest absolute Gasteiger partial charge is 0.165 e. The zero-order valence-corrected chi connectivity index (χ0v) is 10.1. The van der Waals surface area contributed by atoms with Gasteiger partial charge in [-0.2, -0.15) is 0 Å². The summed E-state index contributed by atoms with van der Waals surface area (Å²) in [5.41, 5.74) is 0.909. The van der Waals surface area contributed by atoms with Crippen LogP contribution >= 0.6 is 0 Å². The largest absolute Gasteiger partial charge is 0.494 e. The van der Waals surface area contributed by atoms with Crippen LogP contribution in [0.5, 0.6) is 5.75 Å². The third-order valence-corrected chi connectivity index (χ3v) is 2.69. The summed E-state index contributed by atoms with van der Waals surface area (Å²) in [6.45, 7) is 4.28. The molecule has 0 heterocycles. The first-order valence-corrected chi connectivity index (χ1v) is 5.42. The lowest BCUT2D eigenvalue weighted by atomic mass is 9.83. The molecule has 1 N–H and O–H groups in total. The molecule has 0 radical (unpaired) electrons. The van der Waals surface area contributed by atoms with Crippen molar-refractivity contribution in [3.8, 4) is 5.75 Å². The Labute approximate surface area is 96.1 Å². The highest BCUT2D eigenvalue weighted by atomic mass is 19.1. The fraction of sp³-hybridized carbons (Fsp3) is 0.538. The van der Waals surface area contributed by atoms with Crippen molar-refractivity contribution in [1.82, 2.24) is 0 Å². The molecule has 0 atom stereocenters. The van der Waals surface area contributed by atoms with Crippen LogP contribution in [-0.4, -0.2) is 18.8 Å². The predicted octanol–water partition coefficient (Wildman–Crippen LogP) is 2.79. The minimum Gasteiger partial charge on any atom is -0.494 e. The number of hydrogen-bond acceptors (Lipinski definition) is 2. The second kappa shape index (κ2) is 5.30. The average Bonchev–Trinajstić information content (AvgIpc) is 2.17. The van der Waals surface area contributed by atoms with Crippen LogP contribution < -0.4 is 4.74 Å². The Morgan fingerprint density at radius 1 is 1.38 bits per heavy atom. The van der Waals surface area contributed by atoms with Gasteiger partial charge in [0.15, 0.2) is 11.6 Å². The van der Waals surface area contributed by atoms with Gasteiger partial charge >= 0.3 is 0 Å². The van der Waals surface area contributed by atoms with E-state index in [1.807, 2.05) is 6.07 Å². The number of methoxy groups -OCH3 is 1. The molecule has 0 fully saturated rings. The molecule has 3 heteroatoms. The van der Waals surface area contributed by atoms with Crippen LogP contribution in [0.4, 0.5) is 4.39 Å². The summed E-state index contributed by atoms with van der Waals surface area (Å²) in [6.07, 6.45) is 1.45. The fourth-order valence-corrected chi connectivity index (χ4v) is 1.76. The Morgan fingerprint density at radius 2 is 2.06 bits per heavy atom. The summed E-state index contributed by atoms with van der Waals surface area (Å²) >= 11 is 0. The number of benzene rings is 1. The van der Waals surface area contributed by atoms with Gasteiger partial charge in [0, 0.05) is 6.61 Å². The van der Waals surface area contributed by atoms with E-state index in [1.54, 1.807) is 6.07 Å². The Bertz CT molecular complexity index is 348. The van der Waals surface area contributed by atoms with Crippen LogP contribution in [0.15, 0.2) is 18.2 Å². The molecule has 0 aliphatic carbocycles. The maximum absolute atomic E-state index is 13.4. The maximum atomic E-state index is 13.4. The summed E-state index contributed by atoms with van der Waals surface area (Å²) in [5.74, 6) is -0.0662. The minimum absolute atomic E-state index is 0.0181. The van der Waals surface area contributed by atoms with Crippen molar-refractivity contribution in [2.75, 3.05) is 13.7 Å². The first kappa shape index (κ1) is 13.0. The topological polar surface area (TPSA) is 29.5 Å². The number of aliphatic hydroxyl groups is 1. The van der Waals surface area contributed by atoms with Gasteiger partial charge in [0.2, 0.25) is 0 Å². The molecule has 1 aromatic carbocycles. The van der Waals surface area contributed by atoms with E-state index in [4.69, 9.17) is 9.84 Å². The molecule has 0 unspecified atom stereocenters. The first-order valence-electron chi connectivity index (χ1n) is 5.42. The number of ether oxygens (including phenoxy) is 1. The number of rotatable bonds is 5. The van der Waals surface area contributed by atoms with Gasteiger partial charge in [0.1, 0.15) is 0 Å². The third-order valence-electron chi connectivity index (χ3n) is 2.69. The second-order valence-corrected chi connectivity index (χ2v) is 4.78. The first-order chi connectivity index (χ1) is 7.48. The Balaban J connectivity index is 2.78. The van der Waals surface area contributed by atoms with Gasteiger partial charge in [-0.15, -0.1) is 0 Å². The molecule has 0 aliphatic rings. The predicted molar refractivity (Wildman–Crippen MR) is 62.1 cm³/mol. The average molecular weight is 226 g/mol. The van der Waals surface area contributed by atoms with Crippen LogP contribution in [0, 0.1) is 11.2 Å². The molecule has 0 spiro atoms. The van der Waals surface area contributed by atoms with Gasteiger partial charge in [0.05, 0.1) is 7.11 Å². The standard InChI is InChI=1S/C13H19FO2/c1-13(2,6-7-15)9-10-4-5-12(16-3)11(14)8-10/h4-5,8,15H,6-7,9H2,1-3H3. The molecule has 0 aromatic heterocycles. The lowest BCUT2D eigenvalue weighted by Gasteiger charge is -2.23. The van der Waals surface area contributed by atoms with Crippen LogP contribution in [0.25, 0.3) is 0 Å². The van der Waals surface area contributed by atoms with Crippen molar-refractivity contribution in [3.05, 3.63) is 29.6 Å². The summed E-state index contributed by atoms with van der Waals surface area (Å²) in [6, 6.07) is 5.00. The van der Waals surface area contributed by atoms with E-state index in [9.17, 15) is 4.39 Å². The zero-order valence-electron chi connectivity index (χ0n) is 10.1. The molecular formula is C13H19FO2. The van der Waals surface area contributed by atoms with Crippen molar-refractivity contribution in [1.29, 1.82) is 0 Å². The van der Waals surface area contributed by atoms with Crippen molar-refractivity contribution >= 4 is 0 Å². The monoisotopic (exact) mass is 226 g/mol. The lowest BCUT2D eigenvalue weighted by Crippen LogP contribution is -2.16. The minimum atomic E-state index is -0.334. The Hall–Kier alpha value is -1.09. The van der Waals surface area contributed by atoms with Crippen molar-refractivity contribution < 1.29 is 14.2 Å². The van der Waals surface area contributed by atoms with Gasteiger partial charge in [-0.25, -0.2) is 4.39 Å². The van der Waals surface area contributed by atoms with E-state index in [0.717, 1.165) is 12.0 Å². The van der Waals surface area contributed by atoms with E-state index in [0.29, 0.717) is 6.42 Å². The highest BCUT2D eigenvalue weighted by Gasteiger charge is 2.18. The summed E-state index contributed by atoms with van der Waals surface area (Å²) in [7, 11) is 1.45. The molecule has 90 valence electrons. The zero-order chi connectivity index (χ0) is 12.2. The van der Waals surface area contributed by atoms with Gasteiger partial charge in [0.25, 0.3) is 0 Å². The van der Waals surface area contributed by atoms with E-state index in [-0.39, 0.29) is 23.6 Å². The fourth-order valence-electron chi connectivity index (χ4n) is 1.76. The van der Waals surface area contributed by atoms with Crippen molar-refractivity contribution in [3.63, 3.8) is 0 Å². The molecule has 0 aliphatic heterocycles. The van der Waals surface area contributed by atoms with Gasteiger partial charge < -0.3 is 9.84 Å².